The summed E-state index contributed by atoms with van der Waals surface area (Å²) in [6.07, 6.45) is 0. The van der Waals surface area contributed by atoms with E-state index in [-0.39, 0.29) is 11.6 Å². The predicted octanol–water partition coefficient (Wildman–Crippen LogP) is 2.17. The van der Waals surface area contributed by atoms with Gasteiger partial charge >= 0.3 is 0 Å². The van der Waals surface area contributed by atoms with Gasteiger partial charge in [0.1, 0.15) is 11.8 Å². The Morgan fingerprint density at radius 2 is 1.96 bits per heavy atom. The molecule has 0 saturated carbocycles. The fourth-order valence-corrected chi connectivity index (χ4v) is 1.87. The number of carbonyl (C=O) groups is 1. The minimum Gasteiger partial charge on any atom is -0.497 e. The Morgan fingerprint density at radius 1 is 1.24 bits per heavy atom. The van der Waals surface area contributed by atoms with E-state index in [4.69, 9.17) is 21.1 Å². The fraction of sp³-hybridized carbons (Fsp3) is 0.0588. The largest absolute Gasteiger partial charge is 0.497 e. The lowest BCUT2D eigenvalue weighted by atomic mass is 10.2. The third-order valence-electron chi connectivity index (χ3n) is 3.13. The molecule has 5 N–H and O–H groups in total. The van der Waals surface area contributed by atoms with E-state index in [9.17, 15) is 4.79 Å². The van der Waals surface area contributed by atoms with E-state index in [1.54, 1.807) is 61.7 Å². The van der Waals surface area contributed by atoms with E-state index >= 15 is 0 Å². The van der Waals surface area contributed by atoms with Crippen molar-refractivity contribution in [2.24, 2.45) is 10.8 Å². The van der Waals surface area contributed by atoms with E-state index < -0.39 is 5.84 Å². The molecule has 2 aromatic carbocycles. The number of hydrogen-bond acceptors (Lipinski definition) is 6. The van der Waals surface area contributed by atoms with Crippen LogP contribution >= 0.6 is 0 Å². The Labute approximate surface area is 144 Å². The van der Waals surface area contributed by atoms with Crippen LogP contribution in [0.25, 0.3) is 0 Å². The molecule has 126 valence electrons. The molecule has 0 aromatic heterocycles. The highest BCUT2D eigenvalue weighted by Gasteiger charge is 2.07. The molecule has 0 spiro atoms. The first-order chi connectivity index (χ1) is 12.0. The van der Waals surface area contributed by atoms with Gasteiger partial charge in [0.25, 0.3) is 5.91 Å². The topological polar surface area (TPSA) is 136 Å². The molecule has 2 aromatic rings. The molecule has 0 atom stereocenters. The van der Waals surface area contributed by atoms with Gasteiger partial charge in [0.2, 0.25) is 5.71 Å². The second-order valence-corrected chi connectivity index (χ2v) is 4.86. The van der Waals surface area contributed by atoms with Gasteiger partial charge in [-0.05, 0) is 42.5 Å². The first kappa shape index (κ1) is 17.5. The van der Waals surface area contributed by atoms with E-state index in [1.165, 1.54) is 0 Å². The molecule has 8 nitrogen and oxygen atoms in total. The van der Waals surface area contributed by atoms with Gasteiger partial charge in [-0.3, -0.25) is 15.6 Å². The number of amides is 1. The van der Waals surface area contributed by atoms with Crippen LogP contribution in [0, 0.1) is 16.7 Å². The standard InChI is InChI=1S/C17H16N6O2/c1-25-14-7-5-12(6-8-14)21-17(24)11-3-2-4-13(9-11)22-23-15(10-18)16(19)20/h2-9,22H,1H3,(H3,19,20)(H,21,24)/b23-15+. The maximum absolute atomic E-state index is 12.3. The van der Waals surface area contributed by atoms with Crippen molar-refractivity contribution in [3.63, 3.8) is 0 Å². The summed E-state index contributed by atoms with van der Waals surface area (Å²) in [5.41, 5.74) is 9.08. The second-order valence-electron chi connectivity index (χ2n) is 4.86. The van der Waals surface area contributed by atoms with E-state index in [0.29, 0.717) is 22.7 Å². The number of carbonyl (C=O) groups excluding carboxylic acids is 1. The van der Waals surface area contributed by atoms with Crippen molar-refractivity contribution in [3.05, 3.63) is 54.1 Å². The monoisotopic (exact) mass is 336 g/mol. The Kier molecular flexibility index (Phi) is 5.68. The molecule has 0 aliphatic carbocycles. The van der Waals surface area contributed by atoms with Gasteiger partial charge in [-0.25, -0.2) is 0 Å². The van der Waals surface area contributed by atoms with Crippen LogP contribution in [0.1, 0.15) is 10.4 Å². The quantitative estimate of drug-likeness (QED) is 0.364. The highest BCUT2D eigenvalue weighted by atomic mass is 16.5. The molecule has 0 heterocycles. The average molecular weight is 336 g/mol. The van der Waals surface area contributed by atoms with Crippen LogP contribution in [0.4, 0.5) is 11.4 Å². The van der Waals surface area contributed by atoms with Gasteiger partial charge in [0.05, 0.1) is 12.8 Å². The Hall–Kier alpha value is -3.86. The fourth-order valence-electron chi connectivity index (χ4n) is 1.87. The number of nitrogens with zero attached hydrogens (tertiary/aromatic N) is 2. The van der Waals surface area contributed by atoms with Crippen LogP contribution in [0.15, 0.2) is 53.6 Å². The van der Waals surface area contributed by atoms with Gasteiger partial charge in [-0.2, -0.15) is 10.4 Å². The van der Waals surface area contributed by atoms with Crippen molar-refractivity contribution in [2.45, 2.75) is 0 Å². The SMILES string of the molecule is COc1ccc(NC(=O)c2cccc(N/N=C(\C#N)C(=N)N)c2)cc1. The average Bonchev–Trinajstić information content (AvgIpc) is 2.63. The van der Waals surface area contributed by atoms with Crippen molar-refractivity contribution in [3.8, 4) is 11.8 Å². The smallest absolute Gasteiger partial charge is 0.255 e. The number of anilines is 2. The van der Waals surface area contributed by atoms with Crippen LogP contribution in [0.2, 0.25) is 0 Å². The Morgan fingerprint density at radius 3 is 2.56 bits per heavy atom. The number of nitrogens with one attached hydrogen (secondary N) is 3. The zero-order valence-corrected chi connectivity index (χ0v) is 13.4. The number of nitrogens with two attached hydrogens (primary N) is 1. The van der Waals surface area contributed by atoms with Gasteiger partial charge in [-0.1, -0.05) is 6.07 Å². The number of hydrazone groups is 1. The summed E-state index contributed by atoms with van der Waals surface area (Å²) in [4.78, 5) is 12.3. The summed E-state index contributed by atoms with van der Waals surface area (Å²) in [6, 6.07) is 15.2. The lowest BCUT2D eigenvalue weighted by Gasteiger charge is -2.08. The molecule has 0 radical (unpaired) electrons. The van der Waals surface area contributed by atoms with Crippen LogP contribution in [-0.2, 0) is 0 Å². The molecule has 0 unspecified atom stereocenters. The number of methoxy groups -OCH3 is 1. The van der Waals surface area contributed by atoms with Gasteiger partial charge in [0, 0.05) is 11.3 Å². The van der Waals surface area contributed by atoms with E-state index in [2.05, 4.69) is 15.8 Å². The molecular weight excluding hydrogens is 320 g/mol. The molecule has 0 bridgehead atoms. The highest BCUT2D eigenvalue weighted by molar-refractivity contribution is 6.45. The molecule has 1 amide bonds. The van der Waals surface area contributed by atoms with Gasteiger partial charge in [0.15, 0.2) is 5.84 Å². The summed E-state index contributed by atoms with van der Waals surface area (Å²) in [7, 11) is 1.57. The summed E-state index contributed by atoms with van der Waals surface area (Å²) in [6.45, 7) is 0. The summed E-state index contributed by atoms with van der Waals surface area (Å²) >= 11 is 0. The molecule has 2 rings (SSSR count). The molecule has 0 aliphatic heterocycles. The van der Waals surface area contributed by atoms with Crippen LogP contribution in [0.5, 0.6) is 5.75 Å². The van der Waals surface area contributed by atoms with Crippen molar-refractivity contribution in [1.82, 2.24) is 0 Å². The Bertz CT molecular complexity index is 852. The molecular formula is C17H16N6O2. The molecule has 8 heteroatoms. The van der Waals surface area contributed by atoms with Crippen molar-refractivity contribution >= 4 is 28.8 Å². The van der Waals surface area contributed by atoms with Crippen molar-refractivity contribution < 1.29 is 9.53 Å². The van der Waals surface area contributed by atoms with Crippen LogP contribution < -0.4 is 21.2 Å². The number of rotatable bonds is 6. The first-order valence-electron chi connectivity index (χ1n) is 7.17. The number of benzene rings is 2. The summed E-state index contributed by atoms with van der Waals surface area (Å²) in [5, 5.41) is 22.5. The van der Waals surface area contributed by atoms with Crippen LogP contribution in [0.3, 0.4) is 0 Å². The lowest BCUT2D eigenvalue weighted by molar-refractivity contribution is 0.102. The third kappa shape index (κ3) is 4.80. The summed E-state index contributed by atoms with van der Waals surface area (Å²) in [5.74, 6) is -0.0471. The third-order valence-corrected chi connectivity index (χ3v) is 3.13. The minimum atomic E-state index is -0.441. The predicted molar refractivity (Wildman–Crippen MR) is 96.0 cm³/mol. The highest BCUT2D eigenvalue weighted by Crippen LogP contribution is 2.17. The molecule has 0 aliphatic rings. The molecule has 0 fully saturated rings. The maximum atomic E-state index is 12.3. The molecule has 25 heavy (non-hydrogen) atoms. The maximum Gasteiger partial charge on any atom is 0.255 e. The number of nitriles is 1. The number of amidine groups is 1. The van der Waals surface area contributed by atoms with Gasteiger partial charge < -0.3 is 15.8 Å². The van der Waals surface area contributed by atoms with E-state index in [0.717, 1.165) is 0 Å². The minimum absolute atomic E-state index is 0.243. The summed E-state index contributed by atoms with van der Waals surface area (Å²) < 4.78 is 5.07. The molecule has 0 saturated heterocycles. The van der Waals surface area contributed by atoms with E-state index in [1.807, 2.05) is 0 Å². The van der Waals surface area contributed by atoms with Crippen molar-refractivity contribution in [2.75, 3.05) is 17.9 Å². The zero-order chi connectivity index (χ0) is 18.2. The Balaban J connectivity index is 2.10. The second kappa shape index (κ2) is 8.12. The van der Waals surface area contributed by atoms with Gasteiger partial charge in [-0.15, -0.1) is 0 Å². The first-order valence-corrected chi connectivity index (χ1v) is 7.17. The van der Waals surface area contributed by atoms with Crippen LogP contribution in [-0.4, -0.2) is 24.6 Å². The normalized spacial score (nSPS) is 10.5. The zero-order valence-electron chi connectivity index (χ0n) is 13.4. The number of hydrogen-bond donors (Lipinski definition) is 4. The number of ether oxygens (including phenoxy) is 1. The van der Waals surface area contributed by atoms with Crippen molar-refractivity contribution in [1.29, 1.82) is 10.7 Å². The lowest BCUT2D eigenvalue weighted by Crippen LogP contribution is -2.21.